The molecule has 0 spiro atoms. The van der Waals surface area contributed by atoms with Crippen molar-refractivity contribution in [2.75, 3.05) is 32.6 Å². The van der Waals surface area contributed by atoms with Crippen LogP contribution in [0.4, 0.5) is 19.0 Å². The molecule has 0 radical (unpaired) electrons. The normalized spacial score (nSPS) is 18.7. The Labute approximate surface area is 220 Å². The third-order valence-electron chi connectivity index (χ3n) is 7.83. The number of benzene rings is 1. The fraction of sp³-hybridized carbons (Fsp3) is 0.500. The number of hydrogen-bond donors (Lipinski definition) is 1. The molecule has 0 bridgehead atoms. The van der Waals surface area contributed by atoms with Gasteiger partial charge in [-0.15, -0.1) is 0 Å². The summed E-state index contributed by atoms with van der Waals surface area (Å²) in [6.07, 6.45) is 2.04. The highest BCUT2D eigenvalue weighted by molar-refractivity contribution is 5.88. The monoisotopic (exact) mass is 524 g/mol. The molecule has 1 aromatic carbocycles. The van der Waals surface area contributed by atoms with Crippen LogP contribution in [-0.2, 0) is 11.5 Å². The zero-order chi connectivity index (χ0) is 27.2. The number of aromatic nitrogens is 3. The zero-order valence-electron chi connectivity index (χ0n) is 22.0. The Bertz CT molecular complexity index is 1410. The number of aryl methyl sites for hydroxylation is 1. The van der Waals surface area contributed by atoms with Crippen molar-refractivity contribution in [1.29, 1.82) is 0 Å². The summed E-state index contributed by atoms with van der Waals surface area (Å²) in [7, 11) is 3.41. The maximum atomic E-state index is 15.7. The number of pyridine rings is 1. The molecule has 10 heteroatoms. The number of likely N-dealkylation sites (tertiary alicyclic amines) is 1. The van der Waals surface area contributed by atoms with Crippen molar-refractivity contribution in [2.45, 2.75) is 57.0 Å². The largest absolute Gasteiger partial charge is 0.481 e. The van der Waals surface area contributed by atoms with Gasteiger partial charge in [-0.1, -0.05) is 18.2 Å². The lowest BCUT2D eigenvalue weighted by atomic mass is 9.85. The van der Waals surface area contributed by atoms with Crippen LogP contribution in [0, 0.1) is 25.2 Å². The number of alkyl halides is 2. The second-order valence-corrected chi connectivity index (χ2v) is 10.5. The lowest BCUT2D eigenvalue weighted by Gasteiger charge is -2.34. The Kier molecular flexibility index (Phi) is 6.68. The van der Waals surface area contributed by atoms with Gasteiger partial charge < -0.3 is 19.8 Å². The fourth-order valence-electron chi connectivity index (χ4n) is 5.32. The number of methoxy groups -OCH3 is 1. The molecule has 2 aromatic heterocycles. The average Bonchev–Trinajstić information content (AvgIpc) is 3.69. The molecule has 1 atom stereocenters. The predicted molar refractivity (Wildman–Crippen MR) is 139 cm³/mol. The van der Waals surface area contributed by atoms with E-state index in [1.54, 1.807) is 13.8 Å². The molecule has 7 nitrogen and oxygen atoms in total. The molecule has 1 N–H and O–H groups in total. The van der Waals surface area contributed by atoms with Crippen LogP contribution in [0.15, 0.2) is 24.3 Å². The quantitative estimate of drug-likeness (QED) is 0.383. The second kappa shape index (κ2) is 9.70. The number of halogens is 3. The summed E-state index contributed by atoms with van der Waals surface area (Å²) in [6, 6.07) is 5.32. The van der Waals surface area contributed by atoms with Crippen molar-refractivity contribution in [2.24, 2.45) is 5.92 Å². The number of anilines is 1. The van der Waals surface area contributed by atoms with Gasteiger partial charge in [-0.05, 0) is 52.9 Å². The summed E-state index contributed by atoms with van der Waals surface area (Å²) in [4.78, 5) is 19.3. The van der Waals surface area contributed by atoms with Crippen molar-refractivity contribution in [3.63, 3.8) is 0 Å². The summed E-state index contributed by atoms with van der Waals surface area (Å²) < 4.78 is 52.1. The minimum absolute atomic E-state index is 0.126. The highest BCUT2D eigenvalue weighted by Gasteiger charge is 2.55. The van der Waals surface area contributed by atoms with Crippen LogP contribution >= 0.6 is 0 Å². The Morgan fingerprint density at radius 3 is 2.55 bits per heavy atom. The van der Waals surface area contributed by atoms with Crippen molar-refractivity contribution in [3.05, 3.63) is 64.0 Å². The van der Waals surface area contributed by atoms with Crippen LogP contribution in [0.2, 0.25) is 0 Å². The van der Waals surface area contributed by atoms with Gasteiger partial charge in [-0.3, -0.25) is 0 Å². The Morgan fingerprint density at radius 2 is 1.92 bits per heavy atom. The van der Waals surface area contributed by atoms with Crippen molar-refractivity contribution in [3.8, 4) is 5.88 Å². The van der Waals surface area contributed by atoms with Crippen LogP contribution in [0.25, 0.3) is 15.9 Å². The molecule has 38 heavy (non-hydrogen) atoms. The van der Waals surface area contributed by atoms with Crippen LogP contribution in [-0.4, -0.2) is 47.1 Å². The van der Waals surface area contributed by atoms with Crippen LogP contribution in [0.1, 0.15) is 61.2 Å². The van der Waals surface area contributed by atoms with E-state index in [2.05, 4.69) is 25.1 Å². The van der Waals surface area contributed by atoms with Crippen LogP contribution < -0.4 is 10.1 Å². The predicted octanol–water partition coefficient (Wildman–Crippen LogP) is 6.00. The number of piperidine rings is 1. The molecule has 1 saturated carbocycles. The van der Waals surface area contributed by atoms with E-state index >= 15 is 13.2 Å². The van der Waals surface area contributed by atoms with Crippen molar-refractivity contribution in [1.82, 2.24) is 19.9 Å². The van der Waals surface area contributed by atoms with Gasteiger partial charge in [0.05, 0.1) is 29.7 Å². The van der Waals surface area contributed by atoms with Gasteiger partial charge in [-0.25, -0.2) is 29.7 Å². The van der Waals surface area contributed by atoms with E-state index in [1.807, 2.05) is 18.0 Å². The summed E-state index contributed by atoms with van der Waals surface area (Å²) in [5.41, 5.74) is -0.0853. The number of nitrogens with zero attached hydrogens (tertiary/aromatic N) is 5. The van der Waals surface area contributed by atoms with Gasteiger partial charge in [0.2, 0.25) is 5.88 Å². The van der Waals surface area contributed by atoms with Gasteiger partial charge in [0.1, 0.15) is 17.5 Å². The highest BCUT2D eigenvalue weighted by Crippen LogP contribution is 2.53. The lowest BCUT2D eigenvalue weighted by molar-refractivity contribution is -0.0862. The summed E-state index contributed by atoms with van der Waals surface area (Å²) in [5.74, 6) is -3.91. The van der Waals surface area contributed by atoms with E-state index in [9.17, 15) is 0 Å². The van der Waals surface area contributed by atoms with Gasteiger partial charge in [0.15, 0.2) is 5.65 Å². The number of rotatable bonds is 7. The first kappa shape index (κ1) is 26.2. The number of hydrogen-bond acceptors (Lipinski definition) is 6. The second-order valence-electron chi connectivity index (χ2n) is 10.5. The van der Waals surface area contributed by atoms with Crippen molar-refractivity contribution < 1.29 is 17.9 Å². The molecule has 3 aromatic rings. The number of nitrogens with one attached hydrogen (secondary N) is 1. The fourth-order valence-corrected chi connectivity index (χ4v) is 5.32. The SMILES string of the molecule is [C-]#[N+]C1(c2cc3c(N[C@H](C)c4cccc(C(F)(F)C5CCN(C)CC5)c4F)nc(C)nc3nc2OC)CC1. The zero-order valence-corrected chi connectivity index (χ0v) is 22.0. The highest BCUT2D eigenvalue weighted by atomic mass is 19.3. The van der Waals surface area contributed by atoms with E-state index in [0.29, 0.717) is 72.9 Å². The van der Waals surface area contributed by atoms with Crippen LogP contribution in [0.5, 0.6) is 5.88 Å². The van der Waals surface area contributed by atoms with E-state index in [0.717, 1.165) is 0 Å². The lowest BCUT2D eigenvalue weighted by Crippen LogP contribution is -2.38. The van der Waals surface area contributed by atoms with E-state index in [-0.39, 0.29) is 5.56 Å². The molecule has 2 aliphatic rings. The topological polar surface area (TPSA) is 67.5 Å². The first-order chi connectivity index (χ1) is 18.1. The molecular weight excluding hydrogens is 493 g/mol. The third kappa shape index (κ3) is 4.53. The average molecular weight is 525 g/mol. The first-order valence-corrected chi connectivity index (χ1v) is 12.8. The Balaban J connectivity index is 1.50. The molecule has 5 rings (SSSR count). The maximum absolute atomic E-state index is 15.7. The van der Waals surface area contributed by atoms with Crippen LogP contribution in [0.3, 0.4) is 0 Å². The Morgan fingerprint density at radius 1 is 1.21 bits per heavy atom. The molecule has 3 heterocycles. The number of fused-ring (bicyclic) bond motifs is 1. The summed E-state index contributed by atoms with van der Waals surface area (Å²) in [6.45, 7) is 12.2. The minimum Gasteiger partial charge on any atom is -0.481 e. The molecule has 0 unspecified atom stereocenters. The number of ether oxygens (including phenoxy) is 1. The van der Waals surface area contributed by atoms with Crippen molar-refractivity contribution >= 4 is 16.9 Å². The van der Waals surface area contributed by atoms with E-state index in [1.165, 1.54) is 25.3 Å². The smallest absolute Gasteiger partial charge is 0.278 e. The minimum atomic E-state index is -3.27. The van der Waals surface area contributed by atoms with Gasteiger partial charge in [0.25, 0.3) is 11.5 Å². The maximum Gasteiger partial charge on any atom is 0.278 e. The molecule has 2 fully saturated rings. The van der Waals surface area contributed by atoms with E-state index in [4.69, 9.17) is 11.3 Å². The van der Waals surface area contributed by atoms with Gasteiger partial charge in [0, 0.05) is 24.3 Å². The summed E-state index contributed by atoms with van der Waals surface area (Å²) in [5, 5.41) is 3.76. The molecule has 1 aliphatic carbocycles. The van der Waals surface area contributed by atoms with E-state index < -0.39 is 34.8 Å². The molecule has 0 amide bonds. The molecular formula is C28H31F3N6O. The van der Waals surface area contributed by atoms with Gasteiger partial charge in [-0.2, -0.15) is 4.98 Å². The van der Waals surface area contributed by atoms with Gasteiger partial charge >= 0.3 is 0 Å². The Hall–Kier alpha value is -3.45. The molecule has 1 saturated heterocycles. The summed E-state index contributed by atoms with van der Waals surface area (Å²) >= 11 is 0. The molecule has 1 aliphatic heterocycles. The first-order valence-electron chi connectivity index (χ1n) is 12.8. The standard InChI is InChI=1S/C28H31F3N6O/c1-16(19-7-6-8-21(23(19)29)28(30,31)18-9-13-37(4)14-10-18)33-24-20-15-22(27(32-3)11-12-27)26(38-5)36-25(20)35-17(2)34-24/h6-8,15-16,18H,9-14H2,1-2,4-5H3,(H,33,34,35,36)/t16-/m1/s1. The third-order valence-corrected chi connectivity index (χ3v) is 7.83. The molecule has 200 valence electrons.